The highest BCUT2D eigenvalue weighted by atomic mass is 32.2. The number of hydrogen-bond donors (Lipinski definition) is 1. The van der Waals surface area contributed by atoms with E-state index < -0.39 is 22.6 Å². The van der Waals surface area contributed by atoms with Gasteiger partial charge in [-0.25, -0.2) is 13.2 Å². The first kappa shape index (κ1) is 20.3. The summed E-state index contributed by atoms with van der Waals surface area (Å²) in [6, 6.07) is 22.8. The van der Waals surface area contributed by atoms with E-state index in [2.05, 4.69) is 4.72 Å². The van der Waals surface area contributed by atoms with Crippen LogP contribution in [0.3, 0.4) is 0 Å². The Morgan fingerprint density at radius 2 is 1.41 bits per heavy atom. The van der Waals surface area contributed by atoms with Gasteiger partial charge in [0.15, 0.2) is 12.4 Å². The molecule has 0 spiro atoms. The number of rotatable bonds is 7. The molecule has 0 aliphatic carbocycles. The molecule has 3 aromatic rings. The molecular weight excluding hydrogens is 390 g/mol. The van der Waals surface area contributed by atoms with E-state index in [4.69, 9.17) is 4.74 Å². The van der Waals surface area contributed by atoms with Crippen LogP contribution in [0.5, 0.6) is 0 Å². The van der Waals surface area contributed by atoms with Crippen LogP contribution in [0.4, 0.5) is 5.69 Å². The fourth-order valence-corrected chi connectivity index (χ4v) is 3.30. The predicted octanol–water partition coefficient (Wildman–Crippen LogP) is 3.76. The number of sulfonamides is 1. The Hall–Kier alpha value is -3.45. The molecule has 0 saturated carbocycles. The van der Waals surface area contributed by atoms with Crippen LogP contribution in [0.2, 0.25) is 0 Å². The highest BCUT2D eigenvalue weighted by molar-refractivity contribution is 7.92. The Labute approximate surface area is 169 Å². The molecule has 0 bridgehead atoms. The summed E-state index contributed by atoms with van der Waals surface area (Å²) in [4.78, 5) is 24.7. The van der Waals surface area contributed by atoms with Crippen molar-refractivity contribution in [2.45, 2.75) is 0 Å². The number of Topliss-reactive ketones (excluding diaryl/α,β-unsaturated/α-hetero) is 1. The molecule has 1 N–H and O–H groups in total. The van der Waals surface area contributed by atoms with Gasteiger partial charge in [0.2, 0.25) is 10.0 Å². The number of benzene rings is 3. The first-order valence-corrected chi connectivity index (χ1v) is 10.7. The number of para-hydroxylation sites is 1. The summed E-state index contributed by atoms with van der Waals surface area (Å²) >= 11 is 0. The number of ketones is 1. The first-order valence-electron chi connectivity index (χ1n) is 8.76. The minimum absolute atomic E-state index is 0.0325. The van der Waals surface area contributed by atoms with Crippen molar-refractivity contribution in [1.82, 2.24) is 0 Å². The number of ether oxygens (including phenoxy) is 1. The molecule has 3 rings (SSSR count). The van der Waals surface area contributed by atoms with Gasteiger partial charge in [0.05, 0.1) is 17.5 Å². The van der Waals surface area contributed by atoms with Gasteiger partial charge < -0.3 is 4.74 Å². The Kier molecular flexibility index (Phi) is 6.09. The third kappa shape index (κ3) is 5.52. The zero-order valence-corrected chi connectivity index (χ0v) is 16.5. The molecule has 29 heavy (non-hydrogen) atoms. The van der Waals surface area contributed by atoms with Crippen LogP contribution in [-0.4, -0.2) is 33.0 Å². The molecule has 3 aromatic carbocycles. The molecule has 0 atom stereocenters. The van der Waals surface area contributed by atoms with Gasteiger partial charge in [-0.1, -0.05) is 66.7 Å². The van der Waals surface area contributed by atoms with E-state index >= 15 is 0 Å². The highest BCUT2D eigenvalue weighted by Gasteiger charge is 2.17. The zero-order chi connectivity index (χ0) is 20.9. The molecule has 0 heterocycles. The van der Waals surface area contributed by atoms with Gasteiger partial charge in [0.25, 0.3) is 0 Å². The summed E-state index contributed by atoms with van der Waals surface area (Å²) in [5, 5.41) is 0. The van der Waals surface area contributed by atoms with Gasteiger partial charge in [-0.15, -0.1) is 0 Å². The van der Waals surface area contributed by atoms with Crippen LogP contribution in [0.1, 0.15) is 20.7 Å². The standard InChI is InChI=1S/C22H19NO5S/c1-29(26,27)23-20-10-6-5-9-19(20)22(25)28-15-21(24)18-13-11-17(12-14-18)16-7-3-2-4-8-16/h2-14,23H,15H2,1H3. The minimum atomic E-state index is -3.56. The van der Waals surface area contributed by atoms with Crippen LogP contribution in [-0.2, 0) is 14.8 Å². The molecule has 0 saturated heterocycles. The lowest BCUT2D eigenvalue weighted by molar-refractivity contribution is 0.0476. The molecule has 0 unspecified atom stereocenters. The smallest absolute Gasteiger partial charge is 0.340 e. The number of carbonyl (C=O) groups is 2. The maximum absolute atomic E-state index is 12.4. The second-order valence-corrected chi connectivity index (χ2v) is 8.11. The van der Waals surface area contributed by atoms with Gasteiger partial charge in [0, 0.05) is 5.56 Å². The number of anilines is 1. The number of carbonyl (C=O) groups excluding carboxylic acids is 2. The summed E-state index contributed by atoms with van der Waals surface area (Å²) in [7, 11) is -3.56. The highest BCUT2D eigenvalue weighted by Crippen LogP contribution is 2.20. The summed E-state index contributed by atoms with van der Waals surface area (Å²) in [5.41, 5.74) is 2.55. The Balaban J connectivity index is 1.66. The number of esters is 1. The van der Waals surface area contributed by atoms with Crippen molar-refractivity contribution < 1.29 is 22.7 Å². The average Bonchev–Trinajstić information content (AvgIpc) is 2.72. The van der Waals surface area contributed by atoms with Gasteiger partial charge in [-0.3, -0.25) is 9.52 Å². The molecule has 0 aliphatic rings. The van der Waals surface area contributed by atoms with Crippen molar-refractivity contribution in [2.75, 3.05) is 17.6 Å². The number of nitrogens with one attached hydrogen (secondary N) is 1. The fourth-order valence-electron chi connectivity index (χ4n) is 2.72. The van der Waals surface area contributed by atoms with Crippen molar-refractivity contribution in [3.8, 4) is 11.1 Å². The molecule has 0 amide bonds. The zero-order valence-electron chi connectivity index (χ0n) is 15.7. The lowest BCUT2D eigenvalue weighted by Gasteiger charge is -2.10. The van der Waals surface area contributed by atoms with Gasteiger partial charge in [-0.05, 0) is 23.3 Å². The quantitative estimate of drug-likeness (QED) is 0.474. The second kappa shape index (κ2) is 8.70. The average molecular weight is 409 g/mol. The molecule has 0 aromatic heterocycles. The SMILES string of the molecule is CS(=O)(=O)Nc1ccccc1C(=O)OCC(=O)c1ccc(-c2ccccc2)cc1. The van der Waals surface area contributed by atoms with Crippen molar-refractivity contribution in [1.29, 1.82) is 0 Å². The fraction of sp³-hybridized carbons (Fsp3) is 0.0909. The first-order chi connectivity index (χ1) is 13.8. The lowest BCUT2D eigenvalue weighted by atomic mass is 10.0. The molecule has 148 valence electrons. The monoisotopic (exact) mass is 409 g/mol. The summed E-state index contributed by atoms with van der Waals surface area (Å²) < 4.78 is 30.2. The third-order valence-corrected chi connectivity index (χ3v) is 4.68. The second-order valence-electron chi connectivity index (χ2n) is 6.36. The third-order valence-electron chi connectivity index (χ3n) is 4.09. The molecule has 0 aliphatic heterocycles. The van der Waals surface area contributed by atoms with Crippen LogP contribution in [0.15, 0.2) is 78.9 Å². The van der Waals surface area contributed by atoms with Gasteiger partial charge in [-0.2, -0.15) is 0 Å². The van der Waals surface area contributed by atoms with E-state index in [1.165, 1.54) is 12.1 Å². The minimum Gasteiger partial charge on any atom is -0.454 e. The van der Waals surface area contributed by atoms with E-state index in [0.717, 1.165) is 17.4 Å². The Morgan fingerprint density at radius 1 is 0.828 bits per heavy atom. The number of hydrogen-bond acceptors (Lipinski definition) is 5. The topological polar surface area (TPSA) is 89.5 Å². The summed E-state index contributed by atoms with van der Waals surface area (Å²) in [5.74, 6) is -1.14. The van der Waals surface area contributed by atoms with Gasteiger partial charge >= 0.3 is 5.97 Å². The molecular formula is C22H19NO5S. The maximum Gasteiger partial charge on any atom is 0.340 e. The summed E-state index contributed by atoms with van der Waals surface area (Å²) in [6.45, 7) is -0.448. The predicted molar refractivity (Wildman–Crippen MR) is 111 cm³/mol. The van der Waals surface area contributed by atoms with Crippen molar-refractivity contribution in [2.24, 2.45) is 0 Å². The van der Waals surface area contributed by atoms with Crippen LogP contribution in [0.25, 0.3) is 11.1 Å². The van der Waals surface area contributed by atoms with E-state index in [1.807, 2.05) is 42.5 Å². The lowest BCUT2D eigenvalue weighted by Crippen LogP contribution is -2.17. The largest absolute Gasteiger partial charge is 0.454 e. The molecule has 0 radical (unpaired) electrons. The van der Waals surface area contributed by atoms with Crippen LogP contribution in [0, 0.1) is 0 Å². The van der Waals surface area contributed by atoms with Crippen LogP contribution < -0.4 is 4.72 Å². The normalized spacial score (nSPS) is 10.9. The Morgan fingerprint density at radius 3 is 2.07 bits per heavy atom. The molecule has 0 fully saturated rings. The molecule has 7 heteroatoms. The molecule has 6 nitrogen and oxygen atoms in total. The maximum atomic E-state index is 12.4. The summed E-state index contributed by atoms with van der Waals surface area (Å²) in [6.07, 6.45) is 0.984. The van der Waals surface area contributed by atoms with Gasteiger partial charge in [0.1, 0.15) is 0 Å². The van der Waals surface area contributed by atoms with Crippen LogP contribution >= 0.6 is 0 Å². The van der Waals surface area contributed by atoms with E-state index in [1.54, 1.807) is 24.3 Å². The van der Waals surface area contributed by atoms with E-state index in [0.29, 0.717) is 5.56 Å². The van der Waals surface area contributed by atoms with Crippen molar-refractivity contribution in [3.63, 3.8) is 0 Å². The van der Waals surface area contributed by atoms with Crippen molar-refractivity contribution in [3.05, 3.63) is 90.0 Å². The van der Waals surface area contributed by atoms with E-state index in [9.17, 15) is 18.0 Å². The van der Waals surface area contributed by atoms with E-state index in [-0.39, 0.29) is 17.0 Å². The Bertz CT molecular complexity index is 1120. The van der Waals surface area contributed by atoms with Crippen molar-refractivity contribution >= 4 is 27.5 Å².